The van der Waals surface area contributed by atoms with Gasteiger partial charge < -0.3 is 10.6 Å². The maximum atomic E-state index is 11.9. The van der Waals surface area contributed by atoms with Crippen LogP contribution in [0.3, 0.4) is 0 Å². The number of anilines is 2. The molecule has 1 saturated heterocycles. The van der Waals surface area contributed by atoms with Gasteiger partial charge in [0.2, 0.25) is 0 Å². The van der Waals surface area contributed by atoms with E-state index in [9.17, 15) is 10.1 Å². The topological polar surface area (TPSA) is 70.1 Å². The highest BCUT2D eigenvalue weighted by Gasteiger charge is 2.30. The van der Waals surface area contributed by atoms with Gasteiger partial charge in [0.1, 0.15) is 16.6 Å². The highest BCUT2D eigenvalue weighted by Crippen LogP contribution is 2.41. The number of carbonyl (C=O) groups is 1. The lowest BCUT2D eigenvalue weighted by molar-refractivity contribution is 0.0993. The molecule has 0 bridgehead atoms. The smallest absolute Gasteiger partial charge is 0.174 e. The molecule has 0 saturated carbocycles. The molecule has 2 N–H and O–H groups in total. The van der Waals surface area contributed by atoms with Crippen LogP contribution in [-0.4, -0.2) is 18.9 Å². The number of nitrogen functional groups attached to an aromatic ring is 1. The van der Waals surface area contributed by atoms with Gasteiger partial charge in [0, 0.05) is 19.5 Å². The fraction of sp³-hybridized carbons (Fsp3) is 0.600. The van der Waals surface area contributed by atoms with Crippen LogP contribution >= 0.6 is 11.3 Å². The Balaban J connectivity index is 2.34. The number of nitrogens with two attached hydrogens (primary N) is 1. The van der Waals surface area contributed by atoms with Crippen LogP contribution in [0.5, 0.6) is 0 Å². The Bertz CT molecular complexity index is 556. The Morgan fingerprint density at radius 1 is 1.60 bits per heavy atom. The number of rotatable bonds is 4. The standard InChI is InChI=1S/C15H21N3OS/c1-4-12(19)14-13(17)11(7-16)15(20-14)18-6-5-10(8-18)9(2)3/h9-10H,4-6,8,17H2,1-3H3. The molecule has 0 spiro atoms. The molecule has 0 radical (unpaired) electrons. The number of hydrogen-bond acceptors (Lipinski definition) is 5. The lowest BCUT2D eigenvalue weighted by atomic mass is 9.95. The van der Waals surface area contributed by atoms with Gasteiger partial charge in [-0.2, -0.15) is 5.26 Å². The minimum Gasteiger partial charge on any atom is -0.396 e. The fourth-order valence-corrected chi connectivity index (χ4v) is 3.86. The molecule has 1 aliphatic rings. The first kappa shape index (κ1) is 14.9. The Hall–Kier alpha value is -1.54. The summed E-state index contributed by atoms with van der Waals surface area (Å²) in [6, 6.07) is 2.18. The molecule has 1 fully saturated rings. The molecular weight excluding hydrogens is 270 g/mol. The Morgan fingerprint density at radius 3 is 2.80 bits per heavy atom. The van der Waals surface area contributed by atoms with Gasteiger partial charge in [-0.15, -0.1) is 11.3 Å². The highest BCUT2D eigenvalue weighted by molar-refractivity contribution is 7.19. The third-order valence-electron chi connectivity index (χ3n) is 4.07. The van der Waals surface area contributed by atoms with Crippen molar-refractivity contribution in [3.8, 4) is 6.07 Å². The molecule has 0 aromatic carbocycles. The summed E-state index contributed by atoms with van der Waals surface area (Å²) in [6.07, 6.45) is 1.56. The average molecular weight is 291 g/mol. The van der Waals surface area contributed by atoms with Crippen LogP contribution in [0.2, 0.25) is 0 Å². The molecule has 20 heavy (non-hydrogen) atoms. The summed E-state index contributed by atoms with van der Waals surface area (Å²) < 4.78 is 0. The van der Waals surface area contributed by atoms with E-state index >= 15 is 0 Å². The monoisotopic (exact) mass is 291 g/mol. The van der Waals surface area contributed by atoms with Crippen molar-refractivity contribution >= 4 is 27.8 Å². The van der Waals surface area contributed by atoms with Crippen LogP contribution < -0.4 is 10.6 Å². The maximum Gasteiger partial charge on any atom is 0.174 e. The minimum absolute atomic E-state index is 0.0230. The van der Waals surface area contributed by atoms with E-state index in [-0.39, 0.29) is 5.78 Å². The number of Topliss-reactive ketones (excluding diaryl/α,β-unsaturated/α-hetero) is 1. The van der Waals surface area contributed by atoms with Crippen LogP contribution in [0.15, 0.2) is 0 Å². The first-order valence-electron chi connectivity index (χ1n) is 7.10. The van der Waals surface area contributed by atoms with Crippen LogP contribution in [0.4, 0.5) is 10.7 Å². The number of ketones is 1. The summed E-state index contributed by atoms with van der Waals surface area (Å²) in [6.45, 7) is 8.17. The normalized spacial score (nSPS) is 18.6. The molecule has 4 nitrogen and oxygen atoms in total. The van der Waals surface area contributed by atoms with E-state index in [1.54, 1.807) is 0 Å². The first-order chi connectivity index (χ1) is 9.49. The van der Waals surface area contributed by atoms with E-state index < -0.39 is 0 Å². The molecule has 108 valence electrons. The van der Waals surface area contributed by atoms with Gasteiger partial charge in [-0.3, -0.25) is 4.79 Å². The second-order valence-electron chi connectivity index (χ2n) is 5.65. The molecule has 1 aromatic heterocycles. The average Bonchev–Trinajstić information content (AvgIpc) is 3.02. The second-order valence-corrected chi connectivity index (χ2v) is 6.65. The SMILES string of the molecule is CCC(=O)c1sc(N2CCC(C(C)C)C2)c(C#N)c1N. The van der Waals surface area contributed by atoms with Gasteiger partial charge in [0.25, 0.3) is 0 Å². The summed E-state index contributed by atoms with van der Waals surface area (Å²) in [7, 11) is 0. The summed E-state index contributed by atoms with van der Waals surface area (Å²) in [5.74, 6) is 1.31. The zero-order valence-electron chi connectivity index (χ0n) is 12.3. The van der Waals surface area contributed by atoms with Crippen molar-refractivity contribution in [1.29, 1.82) is 5.26 Å². The van der Waals surface area contributed by atoms with E-state index in [4.69, 9.17) is 5.73 Å². The summed E-state index contributed by atoms with van der Waals surface area (Å²) >= 11 is 1.38. The molecule has 1 aromatic rings. The summed E-state index contributed by atoms with van der Waals surface area (Å²) in [5.41, 5.74) is 6.84. The molecule has 1 atom stereocenters. The van der Waals surface area contributed by atoms with Crippen molar-refractivity contribution in [1.82, 2.24) is 0 Å². The largest absolute Gasteiger partial charge is 0.396 e. The number of thiophene rings is 1. The minimum atomic E-state index is 0.0230. The van der Waals surface area contributed by atoms with E-state index in [0.717, 1.165) is 24.5 Å². The summed E-state index contributed by atoms with van der Waals surface area (Å²) in [5, 5.41) is 10.2. The molecule has 2 heterocycles. The van der Waals surface area contributed by atoms with Crippen molar-refractivity contribution in [2.24, 2.45) is 11.8 Å². The molecule has 5 heteroatoms. The molecular formula is C15H21N3OS. The molecule has 1 unspecified atom stereocenters. The number of carbonyl (C=O) groups excluding carboxylic acids is 1. The van der Waals surface area contributed by atoms with Gasteiger partial charge in [-0.05, 0) is 18.3 Å². The Kier molecular flexibility index (Phi) is 4.34. The molecule has 2 rings (SSSR count). The van der Waals surface area contributed by atoms with Crippen molar-refractivity contribution < 1.29 is 4.79 Å². The van der Waals surface area contributed by atoms with Crippen LogP contribution in [0.1, 0.15) is 48.8 Å². The van der Waals surface area contributed by atoms with Crippen LogP contribution in [0.25, 0.3) is 0 Å². The molecule has 0 aliphatic carbocycles. The molecule has 1 aliphatic heterocycles. The van der Waals surface area contributed by atoms with Crippen molar-refractivity contribution in [2.75, 3.05) is 23.7 Å². The van der Waals surface area contributed by atoms with E-state index in [2.05, 4.69) is 24.8 Å². The number of hydrogen-bond donors (Lipinski definition) is 1. The lowest BCUT2D eigenvalue weighted by Gasteiger charge is -2.18. The zero-order chi connectivity index (χ0) is 14.9. The van der Waals surface area contributed by atoms with Crippen LogP contribution in [-0.2, 0) is 0 Å². The van der Waals surface area contributed by atoms with E-state index in [1.807, 2.05) is 6.92 Å². The number of nitrogens with zero attached hydrogens (tertiary/aromatic N) is 2. The van der Waals surface area contributed by atoms with E-state index in [0.29, 0.717) is 34.4 Å². The third kappa shape index (κ3) is 2.53. The highest BCUT2D eigenvalue weighted by atomic mass is 32.1. The predicted octanol–water partition coefficient (Wildman–Crippen LogP) is 3.28. The van der Waals surface area contributed by atoms with Gasteiger partial charge in [-0.25, -0.2) is 0 Å². The second kappa shape index (κ2) is 5.84. The molecule has 0 amide bonds. The van der Waals surface area contributed by atoms with Gasteiger partial charge in [0.15, 0.2) is 5.78 Å². The van der Waals surface area contributed by atoms with Gasteiger partial charge in [0.05, 0.1) is 10.6 Å². The van der Waals surface area contributed by atoms with Crippen molar-refractivity contribution in [2.45, 2.75) is 33.6 Å². The zero-order valence-corrected chi connectivity index (χ0v) is 13.1. The van der Waals surface area contributed by atoms with E-state index in [1.165, 1.54) is 11.3 Å². The Morgan fingerprint density at radius 2 is 2.30 bits per heavy atom. The van der Waals surface area contributed by atoms with Gasteiger partial charge >= 0.3 is 0 Å². The third-order valence-corrected chi connectivity index (χ3v) is 5.37. The maximum absolute atomic E-state index is 11.9. The first-order valence-corrected chi connectivity index (χ1v) is 7.91. The number of nitriles is 1. The van der Waals surface area contributed by atoms with Gasteiger partial charge in [-0.1, -0.05) is 20.8 Å². The lowest BCUT2D eigenvalue weighted by Crippen LogP contribution is -2.21. The van der Waals surface area contributed by atoms with Crippen molar-refractivity contribution in [3.05, 3.63) is 10.4 Å². The summed E-state index contributed by atoms with van der Waals surface area (Å²) in [4.78, 5) is 14.7. The van der Waals surface area contributed by atoms with Crippen LogP contribution in [0, 0.1) is 23.2 Å². The Labute approximate surface area is 124 Å². The predicted molar refractivity (Wildman–Crippen MR) is 83.2 cm³/mol. The quantitative estimate of drug-likeness (QED) is 0.864. The fourth-order valence-electron chi connectivity index (χ4n) is 2.65. The van der Waals surface area contributed by atoms with Crippen molar-refractivity contribution in [3.63, 3.8) is 0 Å².